The lowest BCUT2D eigenvalue weighted by Gasteiger charge is -2.30. The molecule has 0 spiro atoms. The fraction of sp³-hybridized carbons (Fsp3) is 0.458. The standard InChI is InChI=1S/C24H29N3O3S/c1-16(2)25-23(30)24(11-12-27(15-24)22(29)19-9-10-21(28)26-19)14-17-6-3-4-7-18(17)20-8-5-13-31-20/h3-8,13,16,19H,9-12,14-15H2,1-2H3,(H,25,30)(H,26,28)/t19-,24+/m0/s1. The summed E-state index contributed by atoms with van der Waals surface area (Å²) >= 11 is 1.68. The van der Waals surface area contributed by atoms with Crippen molar-refractivity contribution < 1.29 is 14.4 Å². The van der Waals surface area contributed by atoms with Crippen molar-refractivity contribution in [3.05, 3.63) is 47.3 Å². The number of nitrogens with zero attached hydrogens (tertiary/aromatic N) is 1. The van der Waals surface area contributed by atoms with Gasteiger partial charge in [-0.05, 0) is 55.7 Å². The van der Waals surface area contributed by atoms with Gasteiger partial charge in [-0.2, -0.15) is 0 Å². The van der Waals surface area contributed by atoms with E-state index in [0.29, 0.717) is 38.8 Å². The molecule has 7 heteroatoms. The minimum absolute atomic E-state index is 0.00533. The van der Waals surface area contributed by atoms with E-state index >= 15 is 0 Å². The van der Waals surface area contributed by atoms with Crippen molar-refractivity contribution >= 4 is 29.1 Å². The Balaban J connectivity index is 1.61. The zero-order valence-corrected chi connectivity index (χ0v) is 18.8. The maximum Gasteiger partial charge on any atom is 0.245 e. The van der Waals surface area contributed by atoms with Crippen LogP contribution in [-0.2, 0) is 20.8 Å². The Morgan fingerprint density at radius 1 is 1.26 bits per heavy atom. The van der Waals surface area contributed by atoms with Crippen LogP contribution in [0, 0.1) is 5.41 Å². The molecule has 2 aliphatic heterocycles. The van der Waals surface area contributed by atoms with E-state index in [2.05, 4.69) is 34.2 Å². The molecule has 3 amide bonds. The van der Waals surface area contributed by atoms with Gasteiger partial charge in [0.25, 0.3) is 0 Å². The highest BCUT2D eigenvalue weighted by atomic mass is 32.1. The van der Waals surface area contributed by atoms with Gasteiger partial charge in [0.05, 0.1) is 5.41 Å². The summed E-state index contributed by atoms with van der Waals surface area (Å²) in [5, 5.41) is 7.91. The number of nitrogens with one attached hydrogen (secondary N) is 2. The number of carbonyl (C=O) groups is 3. The average Bonchev–Trinajstić information content (AvgIpc) is 3.49. The molecule has 0 bridgehead atoms. The normalized spacial score (nSPS) is 23.3. The molecule has 164 valence electrons. The first-order chi connectivity index (χ1) is 14.9. The number of benzene rings is 1. The smallest absolute Gasteiger partial charge is 0.245 e. The van der Waals surface area contributed by atoms with Gasteiger partial charge < -0.3 is 15.5 Å². The van der Waals surface area contributed by atoms with Crippen molar-refractivity contribution in [1.82, 2.24) is 15.5 Å². The number of hydrogen-bond acceptors (Lipinski definition) is 4. The largest absolute Gasteiger partial charge is 0.353 e. The molecule has 2 aromatic rings. The molecule has 4 rings (SSSR count). The number of thiophene rings is 1. The van der Waals surface area contributed by atoms with Crippen LogP contribution in [0.2, 0.25) is 0 Å². The average molecular weight is 440 g/mol. The van der Waals surface area contributed by atoms with Crippen molar-refractivity contribution in [3.8, 4) is 10.4 Å². The first-order valence-electron chi connectivity index (χ1n) is 10.9. The molecular weight excluding hydrogens is 410 g/mol. The van der Waals surface area contributed by atoms with Crippen molar-refractivity contribution in [2.45, 2.75) is 51.6 Å². The first kappa shape index (κ1) is 21.6. The third-order valence-corrected chi connectivity index (χ3v) is 7.10. The van der Waals surface area contributed by atoms with Crippen LogP contribution >= 0.6 is 11.3 Å². The van der Waals surface area contributed by atoms with E-state index in [1.54, 1.807) is 16.2 Å². The Morgan fingerprint density at radius 2 is 2.06 bits per heavy atom. The molecule has 2 aliphatic rings. The summed E-state index contributed by atoms with van der Waals surface area (Å²) in [5.41, 5.74) is 1.57. The van der Waals surface area contributed by atoms with Crippen LogP contribution in [0.5, 0.6) is 0 Å². The third-order valence-electron chi connectivity index (χ3n) is 6.19. The Morgan fingerprint density at radius 3 is 2.74 bits per heavy atom. The SMILES string of the molecule is CC(C)NC(=O)[C@@]1(Cc2ccccc2-c2cccs2)CCN(C(=O)[C@@H]2CCC(=O)N2)C1. The van der Waals surface area contributed by atoms with Crippen LogP contribution in [0.1, 0.15) is 38.7 Å². The topological polar surface area (TPSA) is 78.5 Å². The predicted octanol–water partition coefficient (Wildman–Crippen LogP) is 2.98. The van der Waals surface area contributed by atoms with E-state index in [1.165, 1.54) is 4.88 Å². The molecule has 2 saturated heterocycles. The molecule has 0 saturated carbocycles. The summed E-state index contributed by atoms with van der Waals surface area (Å²) in [7, 11) is 0. The summed E-state index contributed by atoms with van der Waals surface area (Å²) in [6.45, 7) is 4.81. The van der Waals surface area contributed by atoms with Crippen LogP contribution in [0.4, 0.5) is 0 Å². The van der Waals surface area contributed by atoms with Crippen molar-refractivity contribution in [1.29, 1.82) is 0 Å². The van der Waals surface area contributed by atoms with Crippen molar-refractivity contribution in [2.24, 2.45) is 5.41 Å². The lowest BCUT2D eigenvalue weighted by atomic mass is 9.78. The third kappa shape index (κ3) is 4.51. The van der Waals surface area contributed by atoms with Gasteiger partial charge >= 0.3 is 0 Å². The summed E-state index contributed by atoms with van der Waals surface area (Å²) in [5.74, 6) is -0.155. The minimum Gasteiger partial charge on any atom is -0.353 e. The van der Waals surface area contributed by atoms with E-state index in [-0.39, 0.29) is 23.8 Å². The Kier molecular flexibility index (Phi) is 6.14. The number of hydrogen-bond donors (Lipinski definition) is 2. The molecule has 0 radical (unpaired) electrons. The van der Waals surface area contributed by atoms with Gasteiger partial charge in [-0.3, -0.25) is 14.4 Å². The Bertz CT molecular complexity index is 972. The fourth-order valence-electron chi connectivity index (χ4n) is 4.62. The van der Waals surface area contributed by atoms with Gasteiger partial charge in [-0.1, -0.05) is 30.3 Å². The monoisotopic (exact) mass is 439 g/mol. The van der Waals surface area contributed by atoms with Gasteiger partial charge in [0.2, 0.25) is 17.7 Å². The van der Waals surface area contributed by atoms with Crippen molar-refractivity contribution in [3.63, 3.8) is 0 Å². The van der Waals surface area contributed by atoms with Gasteiger partial charge in [-0.25, -0.2) is 0 Å². The molecule has 2 atom stereocenters. The minimum atomic E-state index is -0.685. The van der Waals surface area contributed by atoms with Gasteiger partial charge in [0, 0.05) is 30.4 Å². The van der Waals surface area contributed by atoms with E-state index in [4.69, 9.17) is 0 Å². The number of carbonyl (C=O) groups excluding carboxylic acids is 3. The highest BCUT2D eigenvalue weighted by molar-refractivity contribution is 7.13. The lowest BCUT2D eigenvalue weighted by Crippen LogP contribution is -2.49. The molecule has 1 aromatic heterocycles. The van der Waals surface area contributed by atoms with E-state index in [0.717, 1.165) is 11.1 Å². The second-order valence-electron chi connectivity index (χ2n) is 8.89. The lowest BCUT2D eigenvalue weighted by molar-refractivity contribution is -0.135. The molecule has 2 fully saturated rings. The number of rotatable bonds is 6. The highest BCUT2D eigenvalue weighted by Crippen LogP contribution is 2.39. The molecule has 1 aromatic carbocycles. The highest BCUT2D eigenvalue weighted by Gasteiger charge is 2.47. The zero-order valence-electron chi connectivity index (χ0n) is 18.0. The van der Waals surface area contributed by atoms with E-state index in [1.807, 2.05) is 32.0 Å². The maximum atomic E-state index is 13.4. The van der Waals surface area contributed by atoms with Crippen LogP contribution in [0.3, 0.4) is 0 Å². The predicted molar refractivity (Wildman–Crippen MR) is 122 cm³/mol. The van der Waals surface area contributed by atoms with Crippen LogP contribution in [0.25, 0.3) is 10.4 Å². The molecule has 2 N–H and O–H groups in total. The molecule has 0 aliphatic carbocycles. The zero-order chi connectivity index (χ0) is 22.0. The number of likely N-dealkylation sites (tertiary alicyclic amines) is 1. The van der Waals surface area contributed by atoms with Crippen LogP contribution in [-0.4, -0.2) is 47.8 Å². The van der Waals surface area contributed by atoms with Crippen molar-refractivity contribution in [2.75, 3.05) is 13.1 Å². The number of amides is 3. The first-order valence-corrected chi connectivity index (χ1v) is 11.8. The quantitative estimate of drug-likeness (QED) is 0.726. The van der Waals surface area contributed by atoms with Crippen LogP contribution < -0.4 is 10.6 Å². The van der Waals surface area contributed by atoms with Gasteiger partial charge in [0.15, 0.2) is 0 Å². The second-order valence-corrected chi connectivity index (χ2v) is 9.84. The Labute approximate surface area is 187 Å². The van der Waals surface area contributed by atoms with Crippen LogP contribution in [0.15, 0.2) is 41.8 Å². The summed E-state index contributed by atoms with van der Waals surface area (Å²) in [6, 6.07) is 11.9. The molecular formula is C24H29N3O3S. The fourth-order valence-corrected chi connectivity index (χ4v) is 5.40. The summed E-state index contributed by atoms with van der Waals surface area (Å²) < 4.78 is 0. The molecule has 6 nitrogen and oxygen atoms in total. The summed E-state index contributed by atoms with van der Waals surface area (Å²) in [6.07, 6.45) is 2.09. The van der Waals surface area contributed by atoms with E-state index in [9.17, 15) is 14.4 Å². The molecule has 0 unspecified atom stereocenters. The van der Waals surface area contributed by atoms with E-state index < -0.39 is 11.5 Å². The summed E-state index contributed by atoms with van der Waals surface area (Å²) in [4.78, 5) is 40.9. The maximum absolute atomic E-state index is 13.4. The molecule has 3 heterocycles. The van der Waals surface area contributed by atoms with Gasteiger partial charge in [0.1, 0.15) is 6.04 Å². The van der Waals surface area contributed by atoms with Gasteiger partial charge in [-0.15, -0.1) is 11.3 Å². The second kappa shape index (κ2) is 8.83. The Hall–Kier alpha value is -2.67. The molecule has 31 heavy (non-hydrogen) atoms.